The Morgan fingerprint density at radius 3 is 2.59 bits per heavy atom. The van der Waals surface area contributed by atoms with Crippen LogP contribution in [0.25, 0.3) is 0 Å². The number of nitrogens with zero attached hydrogens (tertiary/aromatic N) is 1. The average Bonchev–Trinajstić information content (AvgIpc) is 3.15. The molecule has 0 aromatic heterocycles. The van der Waals surface area contributed by atoms with Crippen LogP contribution in [0.4, 0.5) is 0 Å². The monoisotopic (exact) mass is 236 g/mol. The smallest absolute Gasteiger partial charge is 0.0309 e. The van der Waals surface area contributed by atoms with Gasteiger partial charge in [0.1, 0.15) is 0 Å². The molecule has 3 aliphatic rings. The van der Waals surface area contributed by atoms with Gasteiger partial charge in [-0.15, -0.1) is 0 Å². The topological polar surface area (TPSA) is 15.3 Å². The van der Waals surface area contributed by atoms with Gasteiger partial charge in [0.2, 0.25) is 0 Å². The number of hydrogen-bond acceptors (Lipinski definition) is 2. The molecule has 0 amide bonds. The van der Waals surface area contributed by atoms with Crippen molar-refractivity contribution in [2.45, 2.75) is 69.9 Å². The van der Waals surface area contributed by atoms with Crippen molar-refractivity contribution in [1.29, 1.82) is 0 Å². The molecule has 0 aromatic rings. The van der Waals surface area contributed by atoms with Gasteiger partial charge in [0, 0.05) is 31.2 Å². The van der Waals surface area contributed by atoms with Crippen LogP contribution in [0.3, 0.4) is 0 Å². The van der Waals surface area contributed by atoms with Crippen molar-refractivity contribution in [2.24, 2.45) is 5.92 Å². The molecule has 1 spiro atoms. The predicted molar refractivity (Wildman–Crippen MR) is 72.2 cm³/mol. The number of hydrogen-bond donors (Lipinski definition) is 1. The molecule has 2 nitrogen and oxygen atoms in total. The molecule has 3 fully saturated rings. The lowest BCUT2D eigenvalue weighted by Gasteiger charge is -2.49. The van der Waals surface area contributed by atoms with E-state index >= 15 is 0 Å². The zero-order valence-electron chi connectivity index (χ0n) is 11.4. The molecule has 1 unspecified atom stereocenters. The van der Waals surface area contributed by atoms with E-state index in [-0.39, 0.29) is 0 Å². The van der Waals surface area contributed by atoms with Crippen LogP contribution >= 0.6 is 0 Å². The summed E-state index contributed by atoms with van der Waals surface area (Å²) in [5.74, 6) is 1.04. The Hall–Kier alpha value is -0.0800. The van der Waals surface area contributed by atoms with Gasteiger partial charge in [-0.2, -0.15) is 0 Å². The Morgan fingerprint density at radius 1 is 1.18 bits per heavy atom. The Balaban J connectivity index is 1.64. The molecular formula is C15H28N2. The highest BCUT2D eigenvalue weighted by molar-refractivity contribution is 5.00. The lowest BCUT2D eigenvalue weighted by atomic mass is 9.79. The molecule has 1 N–H and O–H groups in total. The quantitative estimate of drug-likeness (QED) is 0.810. The summed E-state index contributed by atoms with van der Waals surface area (Å²) in [6, 6.07) is 0.808. The van der Waals surface area contributed by atoms with Gasteiger partial charge in [0.15, 0.2) is 0 Å². The molecule has 1 heterocycles. The normalized spacial score (nSPS) is 34.1. The summed E-state index contributed by atoms with van der Waals surface area (Å²) in [6.07, 6.45) is 11.5. The predicted octanol–water partition coefficient (Wildman–Crippen LogP) is 2.78. The van der Waals surface area contributed by atoms with Crippen LogP contribution in [0.2, 0.25) is 0 Å². The Kier molecular flexibility index (Phi) is 3.45. The fraction of sp³-hybridized carbons (Fsp3) is 1.00. The lowest BCUT2D eigenvalue weighted by molar-refractivity contribution is 0.0507. The molecule has 1 atom stereocenters. The van der Waals surface area contributed by atoms with E-state index in [9.17, 15) is 0 Å². The molecule has 0 bridgehead atoms. The van der Waals surface area contributed by atoms with Gasteiger partial charge in [-0.25, -0.2) is 0 Å². The fourth-order valence-corrected chi connectivity index (χ4v) is 3.85. The molecule has 98 valence electrons. The number of piperazine rings is 1. The number of rotatable bonds is 3. The van der Waals surface area contributed by atoms with E-state index in [4.69, 9.17) is 0 Å². The minimum Gasteiger partial charge on any atom is -0.308 e. The summed E-state index contributed by atoms with van der Waals surface area (Å²) >= 11 is 0. The summed E-state index contributed by atoms with van der Waals surface area (Å²) in [5, 5.41) is 3.92. The van der Waals surface area contributed by atoms with Gasteiger partial charge in [-0.05, 0) is 38.0 Å². The molecule has 2 saturated carbocycles. The van der Waals surface area contributed by atoms with Gasteiger partial charge >= 0.3 is 0 Å². The molecule has 3 rings (SSSR count). The standard InChI is InChI=1S/C15H28N2/c1-2-14-10-16-15(8-4-3-5-9-15)12-17(14)11-13-6-7-13/h13-14,16H,2-12H2,1H3. The maximum absolute atomic E-state index is 3.92. The SMILES string of the molecule is CCC1CNC2(CCCCC2)CN1CC1CC1. The van der Waals surface area contributed by atoms with Crippen molar-refractivity contribution < 1.29 is 0 Å². The zero-order valence-corrected chi connectivity index (χ0v) is 11.4. The highest BCUT2D eigenvalue weighted by Gasteiger charge is 2.40. The first-order chi connectivity index (χ1) is 8.31. The maximum atomic E-state index is 3.92. The lowest BCUT2D eigenvalue weighted by Crippen LogP contribution is -2.64. The Labute approximate surface area is 106 Å². The molecule has 0 aromatic carbocycles. The largest absolute Gasteiger partial charge is 0.308 e. The summed E-state index contributed by atoms with van der Waals surface area (Å²) in [5.41, 5.74) is 0.499. The first-order valence-electron chi connectivity index (χ1n) is 7.80. The molecular weight excluding hydrogens is 208 g/mol. The molecule has 2 heteroatoms. The van der Waals surface area contributed by atoms with Gasteiger partial charge in [0.25, 0.3) is 0 Å². The molecule has 1 aliphatic heterocycles. The van der Waals surface area contributed by atoms with Crippen molar-refractivity contribution in [3.05, 3.63) is 0 Å². The minimum absolute atomic E-state index is 0.499. The maximum Gasteiger partial charge on any atom is 0.0309 e. The second-order valence-electron chi connectivity index (χ2n) is 6.66. The van der Waals surface area contributed by atoms with E-state index in [1.165, 1.54) is 71.0 Å². The summed E-state index contributed by atoms with van der Waals surface area (Å²) in [4.78, 5) is 2.83. The van der Waals surface area contributed by atoms with Crippen LogP contribution in [-0.2, 0) is 0 Å². The van der Waals surface area contributed by atoms with Crippen molar-refractivity contribution in [1.82, 2.24) is 10.2 Å². The highest BCUT2D eigenvalue weighted by Crippen LogP contribution is 2.35. The minimum atomic E-state index is 0.499. The van der Waals surface area contributed by atoms with E-state index in [1.807, 2.05) is 0 Å². The van der Waals surface area contributed by atoms with Gasteiger partial charge in [-0.3, -0.25) is 4.90 Å². The zero-order chi connectivity index (χ0) is 11.7. The van der Waals surface area contributed by atoms with Gasteiger partial charge in [0.05, 0.1) is 0 Å². The third kappa shape index (κ3) is 2.68. The van der Waals surface area contributed by atoms with E-state index in [1.54, 1.807) is 0 Å². The molecule has 1 saturated heterocycles. The molecule has 0 radical (unpaired) electrons. The third-order valence-corrected chi connectivity index (χ3v) is 5.21. The highest BCUT2D eigenvalue weighted by atomic mass is 15.3. The Bertz CT molecular complexity index is 254. The van der Waals surface area contributed by atoms with E-state index in [0.717, 1.165) is 12.0 Å². The van der Waals surface area contributed by atoms with Crippen LogP contribution < -0.4 is 5.32 Å². The van der Waals surface area contributed by atoms with Crippen LogP contribution in [0.1, 0.15) is 58.3 Å². The van der Waals surface area contributed by atoms with E-state index in [0.29, 0.717) is 5.54 Å². The molecule has 17 heavy (non-hydrogen) atoms. The average molecular weight is 236 g/mol. The molecule has 2 aliphatic carbocycles. The second kappa shape index (κ2) is 4.89. The summed E-state index contributed by atoms with van der Waals surface area (Å²) < 4.78 is 0. The Morgan fingerprint density at radius 2 is 1.94 bits per heavy atom. The van der Waals surface area contributed by atoms with Crippen LogP contribution in [0, 0.1) is 5.92 Å². The van der Waals surface area contributed by atoms with Crippen molar-refractivity contribution in [2.75, 3.05) is 19.6 Å². The van der Waals surface area contributed by atoms with E-state index < -0.39 is 0 Å². The third-order valence-electron chi connectivity index (χ3n) is 5.21. The number of nitrogens with one attached hydrogen (secondary N) is 1. The van der Waals surface area contributed by atoms with Crippen molar-refractivity contribution >= 4 is 0 Å². The van der Waals surface area contributed by atoms with Crippen LogP contribution in [-0.4, -0.2) is 36.1 Å². The van der Waals surface area contributed by atoms with Crippen molar-refractivity contribution in [3.8, 4) is 0 Å². The first-order valence-corrected chi connectivity index (χ1v) is 7.80. The van der Waals surface area contributed by atoms with E-state index in [2.05, 4.69) is 17.1 Å². The summed E-state index contributed by atoms with van der Waals surface area (Å²) in [7, 11) is 0. The second-order valence-corrected chi connectivity index (χ2v) is 6.66. The van der Waals surface area contributed by atoms with Crippen LogP contribution in [0.15, 0.2) is 0 Å². The first kappa shape index (κ1) is 12.0. The van der Waals surface area contributed by atoms with Crippen LogP contribution in [0.5, 0.6) is 0 Å². The fourth-order valence-electron chi connectivity index (χ4n) is 3.85. The summed E-state index contributed by atoms with van der Waals surface area (Å²) in [6.45, 7) is 6.32. The van der Waals surface area contributed by atoms with Gasteiger partial charge in [-0.1, -0.05) is 26.2 Å². The van der Waals surface area contributed by atoms with Crippen molar-refractivity contribution in [3.63, 3.8) is 0 Å². The van der Waals surface area contributed by atoms with Gasteiger partial charge < -0.3 is 5.32 Å².